The second-order valence-corrected chi connectivity index (χ2v) is 6.98. The van der Waals surface area contributed by atoms with Crippen molar-refractivity contribution < 1.29 is 9.53 Å². The Hall–Kier alpha value is -1.98. The van der Waals surface area contributed by atoms with Gasteiger partial charge in [-0.15, -0.1) is 0 Å². The van der Waals surface area contributed by atoms with E-state index in [4.69, 9.17) is 4.74 Å². The first-order valence-corrected chi connectivity index (χ1v) is 8.77. The summed E-state index contributed by atoms with van der Waals surface area (Å²) in [5, 5.41) is 3.30. The molecule has 134 valence electrons. The summed E-state index contributed by atoms with van der Waals surface area (Å²) in [6.45, 7) is 12.3. The molecule has 2 aliphatic heterocycles. The number of ether oxygens (including phenoxy) is 1. The van der Waals surface area contributed by atoms with Gasteiger partial charge in [0.15, 0.2) is 0 Å². The molecule has 1 aromatic heterocycles. The molecule has 1 fully saturated rings. The molecule has 3 rings (SSSR count). The minimum Gasteiger partial charge on any atom is -0.444 e. The zero-order valence-electron chi connectivity index (χ0n) is 15.7. The standard InChI is InChI=1S/C16H24N4O2.C2H6/c1-16(2,3)22-15(21)19(4)11-9-20(10-11)13-6-8-18-14-12(13)5-7-17-14;1-2/h6,8,11H,5,7,9-10H2,1-4H3,(H,17,18);1-2H3. The maximum Gasteiger partial charge on any atom is 0.410 e. The van der Waals surface area contributed by atoms with Crippen molar-refractivity contribution in [3.05, 3.63) is 17.8 Å². The highest BCUT2D eigenvalue weighted by atomic mass is 16.6. The Labute approximate surface area is 145 Å². The summed E-state index contributed by atoms with van der Waals surface area (Å²) in [6, 6.07) is 2.27. The van der Waals surface area contributed by atoms with E-state index < -0.39 is 5.60 Å². The molecule has 6 heteroatoms. The largest absolute Gasteiger partial charge is 0.444 e. The van der Waals surface area contributed by atoms with Crippen LogP contribution in [0.5, 0.6) is 0 Å². The third-order valence-electron chi connectivity index (χ3n) is 4.13. The number of nitrogens with zero attached hydrogens (tertiary/aromatic N) is 3. The number of rotatable bonds is 2. The number of pyridine rings is 1. The maximum absolute atomic E-state index is 12.1. The SMILES string of the molecule is CC.CN(C(=O)OC(C)(C)C)C1CN(c2ccnc3c2CCN3)C1. The number of hydrogen-bond donors (Lipinski definition) is 1. The number of amides is 1. The molecule has 2 aliphatic rings. The Morgan fingerprint density at radius 3 is 2.67 bits per heavy atom. The third-order valence-corrected chi connectivity index (χ3v) is 4.13. The predicted octanol–water partition coefficient (Wildman–Crippen LogP) is 3.13. The van der Waals surface area contributed by atoms with Crippen LogP contribution in [-0.4, -0.2) is 54.3 Å². The van der Waals surface area contributed by atoms with Crippen LogP contribution in [0.1, 0.15) is 40.2 Å². The number of nitrogens with one attached hydrogen (secondary N) is 1. The van der Waals surface area contributed by atoms with Gasteiger partial charge in [-0.1, -0.05) is 13.8 Å². The fraction of sp³-hybridized carbons (Fsp3) is 0.667. The number of anilines is 2. The molecule has 0 aliphatic carbocycles. The summed E-state index contributed by atoms with van der Waals surface area (Å²) in [7, 11) is 1.81. The quantitative estimate of drug-likeness (QED) is 0.900. The highest BCUT2D eigenvalue weighted by Crippen LogP contribution is 2.33. The first-order chi connectivity index (χ1) is 11.3. The average molecular weight is 334 g/mol. The van der Waals surface area contributed by atoms with Crippen molar-refractivity contribution in [2.45, 2.75) is 52.7 Å². The molecule has 3 heterocycles. The lowest BCUT2D eigenvalue weighted by molar-refractivity contribution is 0.0197. The Balaban J connectivity index is 0.00000100. The predicted molar refractivity (Wildman–Crippen MR) is 97.8 cm³/mol. The lowest BCUT2D eigenvalue weighted by atomic mass is 10.0. The Bertz CT molecular complexity index is 577. The van der Waals surface area contributed by atoms with Crippen molar-refractivity contribution in [2.24, 2.45) is 0 Å². The number of carbonyl (C=O) groups is 1. The smallest absolute Gasteiger partial charge is 0.410 e. The van der Waals surface area contributed by atoms with Crippen LogP contribution in [-0.2, 0) is 11.2 Å². The Morgan fingerprint density at radius 2 is 2.04 bits per heavy atom. The van der Waals surface area contributed by atoms with Crippen LogP contribution in [0.25, 0.3) is 0 Å². The van der Waals surface area contributed by atoms with Gasteiger partial charge in [0.2, 0.25) is 0 Å². The molecular formula is C18H30N4O2. The number of fused-ring (bicyclic) bond motifs is 1. The molecule has 0 bridgehead atoms. The van der Waals surface area contributed by atoms with E-state index in [1.165, 1.54) is 11.3 Å². The fourth-order valence-corrected chi connectivity index (χ4v) is 2.86. The summed E-state index contributed by atoms with van der Waals surface area (Å²) >= 11 is 0. The summed E-state index contributed by atoms with van der Waals surface area (Å²) in [6.07, 6.45) is 2.61. The second kappa shape index (κ2) is 7.28. The molecule has 0 unspecified atom stereocenters. The van der Waals surface area contributed by atoms with Gasteiger partial charge in [-0.2, -0.15) is 0 Å². The minimum absolute atomic E-state index is 0.202. The summed E-state index contributed by atoms with van der Waals surface area (Å²) in [4.78, 5) is 20.5. The normalized spacial score (nSPS) is 16.3. The van der Waals surface area contributed by atoms with Crippen molar-refractivity contribution in [1.82, 2.24) is 9.88 Å². The first-order valence-electron chi connectivity index (χ1n) is 8.77. The van der Waals surface area contributed by atoms with Gasteiger partial charge in [0.25, 0.3) is 0 Å². The van der Waals surface area contributed by atoms with Crippen LogP contribution in [0.15, 0.2) is 12.3 Å². The van der Waals surface area contributed by atoms with E-state index >= 15 is 0 Å². The number of likely N-dealkylation sites (N-methyl/N-ethyl adjacent to an activating group) is 1. The molecule has 0 atom stereocenters. The molecule has 1 amide bonds. The topological polar surface area (TPSA) is 57.7 Å². The Kier molecular flexibility index (Phi) is 5.57. The maximum atomic E-state index is 12.1. The van der Waals surface area contributed by atoms with E-state index in [2.05, 4.69) is 21.3 Å². The van der Waals surface area contributed by atoms with Gasteiger partial charge >= 0.3 is 6.09 Å². The molecule has 24 heavy (non-hydrogen) atoms. The molecule has 0 saturated carbocycles. The van der Waals surface area contributed by atoms with Gasteiger partial charge in [0.1, 0.15) is 11.4 Å². The van der Waals surface area contributed by atoms with Gasteiger partial charge in [0.05, 0.1) is 6.04 Å². The molecular weight excluding hydrogens is 304 g/mol. The number of hydrogen-bond acceptors (Lipinski definition) is 5. The van der Waals surface area contributed by atoms with E-state index in [0.29, 0.717) is 0 Å². The van der Waals surface area contributed by atoms with Gasteiger partial charge < -0.3 is 19.9 Å². The summed E-state index contributed by atoms with van der Waals surface area (Å²) < 4.78 is 5.42. The van der Waals surface area contributed by atoms with Gasteiger partial charge in [-0.3, -0.25) is 0 Å². The summed E-state index contributed by atoms with van der Waals surface area (Å²) in [5.41, 5.74) is 2.08. The zero-order valence-corrected chi connectivity index (χ0v) is 15.7. The number of aromatic nitrogens is 1. The fourth-order valence-electron chi connectivity index (χ4n) is 2.86. The first kappa shape index (κ1) is 18.4. The van der Waals surface area contributed by atoms with Crippen molar-refractivity contribution >= 4 is 17.6 Å². The minimum atomic E-state index is -0.452. The second-order valence-electron chi connectivity index (χ2n) is 6.98. The molecule has 1 saturated heterocycles. The van der Waals surface area contributed by atoms with E-state index in [1.54, 1.807) is 4.90 Å². The molecule has 0 spiro atoms. The van der Waals surface area contributed by atoms with E-state index in [1.807, 2.05) is 47.9 Å². The van der Waals surface area contributed by atoms with Crippen molar-refractivity contribution in [3.63, 3.8) is 0 Å². The van der Waals surface area contributed by atoms with Crippen LogP contribution in [0.2, 0.25) is 0 Å². The lowest BCUT2D eigenvalue weighted by Gasteiger charge is -2.45. The molecule has 0 radical (unpaired) electrons. The molecule has 0 aromatic carbocycles. The third kappa shape index (κ3) is 3.91. The van der Waals surface area contributed by atoms with Gasteiger partial charge in [0, 0.05) is 44.1 Å². The highest BCUT2D eigenvalue weighted by molar-refractivity contribution is 5.70. The van der Waals surface area contributed by atoms with E-state index in [-0.39, 0.29) is 12.1 Å². The Morgan fingerprint density at radius 1 is 1.38 bits per heavy atom. The van der Waals surface area contributed by atoms with Crippen LogP contribution >= 0.6 is 0 Å². The molecule has 1 N–H and O–H groups in total. The number of carbonyl (C=O) groups excluding carboxylic acids is 1. The van der Waals surface area contributed by atoms with E-state index in [0.717, 1.165) is 31.9 Å². The van der Waals surface area contributed by atoms with Crippen LogP contribution < -0.4 is 10.2 Å². The van der Waals surface area contributed by atoms with Crippen molar-refractivity contribution in [1.29, 1.82) is 0 Å². The van der Waals surface area contributed by atoms with Crippen LogP contribution in [0, 0.1) is 0 Å². The monoisotopic (exact) mass is 334 g/mol. The highest BCUT2D eigenvalue weighted by Gasteiger charge is 2.36. The van der Waals surface area contributed by atoms with Gasteiger partial charge in [-0.25, -0.2) is 9.78 Å². The van der Waals surface area contributed by atoms with E-state index in [9.17, 15) is 4.79 Å². The van der Waals surface area contributed by atoms with Crippen LogP contribution in [0.4, 0.5) is 16.3 Å². The average Bonchev–Trinajstić information content (AvgIpc) is 2.95. The van der Waals surface area contributed by atoms with Gasteiger partial charge in [-0.05, 0) is 33.3 Å². The summed E-state index contributed by atoms with van der Waals surface area (Å²) in [5.74, 6) is 1.00. The van der Waals surface area contributed by atoms with Crippen LogP contribution in [0.3, 0.4) is 0 Å². The van der Waals surface area contributed by atoms with Crippen molar-refractivity contribution in [2.75, 3.05) is 36.9 Å². The molecule has 6 nitrogen and oxygen atoms in total. The zero-order chi connectivity index (χ0) is 17.9. The van der Waals surface area contributed by atoms with Crippen molar-refractivity contribution in [3.8, 4) is 0 Å². The lowest BCUT2D eigenvalue weighted by Crippen LogP contribution is -2.60. The molecule has 1 aromatic rings.